The van der Waals surface area contributed by atoms with Crippen LogP contribution in [-0.4, -0.2) is 21.1 Å². The predicted octanol–water partition coefficient (Wildman–Crippen LogP) is 4.68. The minimum atomic E-state index is -0.379. The molecule has 0 saturated carbocycles. The maximum Gasteiger partial charge on any atom is 0.262 e. The fourth-order valence-corrected chi connectivity index (χ4v) is 3.68. The highest BCUT2D eigenvalue weighted by atomic mass is 32.2. The zero-order chi connectivity index (χ0) is 18.4. The highest BCUT2D eigenvalue weighted by Gasteiger charge is 2.22. The summed E-state index contributed by atoms with van der Waals surface area (Å²) in [6.45, 7) is 8.58. The number of thioether (sulfide) groups is 1. The second kappa shape index (κ2) is 8.65. The minimum Gasteiger partial charge on any atom is -0.298 e. The largest absolute Gasteiger partial charge is 0.298 e. The van der Waals surface area contributed by atoms with Crippen LogP contribution in [-0.2, 0) is 11.3 Å². The Morgan fingerprint density at radius 2 is 1.88 bits per heavy atom. The highest BCUT2D eigenvalue weighted by molar-refractivity contribution is 7.99. The molecule has 0 amide bonds. The van der Waals surface area contributed by atoms with Crippen molar-refractivity contribution in [2.24, 2.45) is 5.41 Å². The summed E-state index contributed by atoms with van der Waals surface area (Å²) in [6.07, 6.45) is 4.38. The molecule has 0 spiro atoms. The molecule has 0 aliphatic heterocycles. The van der Waals surface area contributed by atoms with Crippen LogP contribution in [0.5, 0.6) is 0 Å². The van der Waals surface area contributed by atoms with Crippen molar-refractivity contribution in [1.82, 2.24) is 9.55 Å². The Morgan fingerprint density at radius 3 is 2.56 bits per heavy atom. The maximum atomic E-state index is 12.9. The number of unbranched alkanes of at least 4 members (excludes halogenated alkanes) is 3. The molecule has 0 aliphatic rings. The number of ketones is 1. The zero-order valence-electron chi connectivity index (χ0n) is 15.7. The summed E-state index contributed by atoms with van der Waals surface area (Å²) in [5, 5.41) is 1.29. The summed E-state index contributed by atoms with van der Waals surface area (Å²) in [4.78, 5) is 29.8. The third-order valence-corrected chi connectivity index (χ3v) is 5.21. The van der Waals surface area contributed by atoms with Crippen LogP contribution in [0.2, 0.25) is 0 Å². The Balaban J connectivity index is 2.31. The van der Waals surface area contributed by atoms with Gasteiger partial charge in [0.05, 0.1) is 16.7 Å². The minimum absolute atomic E-state index is 0.00666. The van der Waals surface area contributed by atoms with Crippen molar-refractivity contribution in [1.29, 1.82) is 0 Å². The molecule has 0 unspecified atom stereocenters. The number of aromatic nitrogens is 2. The lowest BCUT2D eigenvalue weighted by Gasteiger charge is -2.17. The first-order valence-corrected chi connectivity index (χ1v) is 9.99. The number of fused-ring (bicyclic) bond motifs is 1. The first-order valence-electron chi connectivity index (χ1n) is 9.00. The molecule has 0 radical (unpaired) electrons. The van der Waals surface area contributed by atoms with Crippen LogP contribution in [0.4, 0.5) is 0 Å². The maximum absolute atomic E-state index is 12.9. The molecule has 0 N–H and O–H groups in total. The normalized spacial score (nSPS) is 11.8. The average Bonchev–Trinajstić information content (AvgIpc) is 2.57. The Kier molecular flexibility index (Phi) is 6.82. The smallest absolute Gasteiger partial charge is 0.262 e. The van der Waals surface area contributed by atoms with Gasteiger partial charge in [-0.05, 0) is 18.6 Å². The van der Waals surface area contributed by atoms with E-state index in [0.29, 0.717) is 28.4 Å². The molecular formula is C20H28N2O2S. The van der Waals surface area contributed by atoms with Gasteiger partial charge in [0.25, 0.3) is 5.56 Å². The molecule has 0 fully saturated rings. The van der Waals surface area contributed by atoms with Crippen LogP contribution >= 0.6 is 11.8 Å². The second-order valence-corrected chi connectivity index (χ2v) is 8.33. The van der Waals surface area contributed by atoms with E-state index in [2.05, 4.69) is 11.9 Å². The van der Waals surface area contributed by atoms with Crippen LogP contribution in [0, 0.1) is 5.41 Å². The molecule has 0 bridgehead atoms. The number of hydrogen-bond acceptors (Lipinski definition) is 4. The molecule has 0 saturated heterocycles. The number of Topliss-reactive ketones (excluding diaryl/α,β-unsaturated/α-hetero) is 1. The van der Waals surface area contributed by atoms with Gasteiger partial charge in [-0.2, -0.15) is 0 Å². The van der Waals surface area contributed by atoms with Crippen LogP contribution < -0.4 is 5.56 Å². The summed E-state index contributed by atoms with van der Waals surface area (Å²) < 4.78 is 1.75. The first-order chi connectivity index (χ1) is 11.8. The third-order valence-electron chi connectivity index (χ3n) is 4.23. The lowest BCUT2D eigenvalue weighted by Crippen LogP contribution is -2.25. The second-order valence-electron chi connectivity index (χ2n) is 7.39. The molecule has 0 aliphatic carbocycles. The van der Waals surface area contributed by atoms with E-state index >= 15 is 0 Å². The van der Waals surface area contributed by atoms with Crippen LogP contribution in [0.15, 0.2) is 34.2 Å². The lowest BCUT2D eigenvalue weighted by atomic mass is 9.92. The van der Waals surface area contributed by atoms with E-state index in [-0.39, 0.29) is 16.8 Å². The third kappa shape index (κ3) is 5.18. The fraction of sp³-hybridized carbons (Fsp3) is 0.550. The standard InChI is InChI=1S/C20H28N2O2S/c1-5-6-7-10-13-22-18(24)15-11-8-9-12-16(15)21-19(22)25-14-17(23)20(2,3)4/h8-9,11-12H,5-7,10,13-14H2,1-4H3. The van der Waals surface area contributed by atoms with E-state index < -0.39 is 0 Å². The molecule has 4 nitrogen and oxygen atoms in total. The summed E-state index contributed by atoms with van der Waals surface area (Å²) >= 11 is 1.38. The Morgan fingerprint density at radius 1 is 1.16 bits per heavy atom. The Labute approximate surface area is 154 Å². The molecule has 25 heavy (non-hydrogen) atoms. The van der Waals surface area contributed by atoms with Gasteiger partial charge in [-0.25, -0.2) is 4.98 Å². The monoisotopic (exact) mass is 360 g/mol. The van der Waals surface area contributed by atoms with E-state index in [1.165, 1.54) is 18.2 Å². The van der Waals surface area contributed by atoms with Crippen LogP contribution in [0.3, 0.4) is 0 Å². The van der Waals surface area contributed by atoms with Gasteiger partial charge < -0.3 is 0 Å². The van der Waals surface area contributed by atoms with Gasteiger partial charge in [-0.3, -0.25) is 14.2 Å². The van der Waals surface area contributed by atoms with E-state index in [4.69, 9.17) is 0 Å². The van der Waals surface area contributed by atoms with E-state index in [0.717, 1.165) is 19.3 Å². The molecule has 1 aromatic heterocycles. The molecule has 2 aromatic rings. The number of nitrogens with zero attached hydrogens (tertiary/aromatic N) is 2. The molecule has 1 aromatic carbocycles. The van der Waals surface area contributed by atoms with Crippen LogP contribution in [0.1, 0.15) is 53.4 Å². The number of hydrogen-bond donors (Lipinski definition) is 0. The fourth-order valence-electron chi connectivity index (χ4n) is 2.50. The topological polar surface area (TPSA) is 52.0 Å². The number of benzene rings is 1. The number of carbonyl (C=O) groups excluding carboxylic acids is 1. The predicted molar refractivity (Wildman–Crippen MR) is 105 cm³/mol. The van der Waals surface area contributed by atoms with Crippen molar-refractivity contribution in [2.45, 2.75) is 65.1 Å². The van der Waals surface area contributed by atoms with E-state index in [1.54, 1.807) is 4.57 Å². The van der Waals surface area contributed by atoms with Crippen molar-refractivity contribution < 1.29 is 4.79 Å². The van der Waals surface area contributed by atoms with Crippen LogP contribution in [0.25, 0.3) is 10.9 Å². The average molecular weight is 361 g/mol. The first kappa shape index (κ1) is 19.7. The van der Waals surface area contributed by atoms with Gasteiger partial charge in [0.15, 0.2) is 5.16 Å². The SMILES string of the molecule is CCCCCCn1c(SCC(=O)C(C)(C)C)nc2ccccc2c1=O. The van der Waals surface area contributed by atoms with Gasteiger partial charge in [0.2, 0.25) is 0 Å². The van der Waals surface area contributed by atoms with Crippen molar-refractivity contribution in [3.05, 3.63) is 34.6 Å². The molecule has 0 atom stereocenters. The quantitative estimate of drug-likeness (QED) is 0.389. The highest BCUT2D eigenvalue weighted by Crippen LogP contribution is 2.23. The van der Waals surface area contributed by atoms with E-state index in [9.17, 15) is 9.59 Å². The van der Waals surface area contributed by atoms with Crippen molar-refractivity contribution in [2.75, 3.05) is 5.75 Å². The molecule has 2 rings (SSSR count). The van der Waals surface area contributed by atoms with Gasteiger partial charge in [0, 0.05) is 12.0 Å². The van der Waals surface area contributed by atoms with Gasteiger partial charge in [-0.1, -0.05) is 70.9 Å². The van der Waals surface area contributed by atoms with Crippen molar-refractivity contribution in [3.8, 4) is 0 Å². The lowest BCUT2D eigenvalue weighted by molar-refractivity contribution is -0.123. The number of para-hydroxylation sites is 1. The summed E-state index contributed by atoms with van der Waals surface area (Å²) in [7, 11) is 0. The summed E-state index contributed by atoms with van der Waals surface area (Å²) in [5.74, 6) is 0.501. The van der Waals surface area contributed by atoms with Crippen molar-refractivity contribution >= 4 is 28.4 Å². The van der Waals surface area contributed by atoms with Gasteiger partial charge in [-0.15, -0.1) is 0 Å². The molecule has 5 heteroatoms. The van der Waals surface area contributed by atoms with Gasteiger partial charge >= 0.3 is 0 Å². The van der Waals surface area contributed by atoms with Crippen molar-refractivity contribution in [3.63, 3.8) is 0 Å². The molecule has 136 valence electrons. The summed E-state index contributed by atoms with van der Waals surface area (Å²) in [5.41, 5.74) is 0.312. The zero-order valence-corrected chi connectivity index (χ0v) is 16.5. The molecule has 1 heterocycles. The summed E-state index contributed by atoms with van der Waals surface area (Å²) in [6, 6.07) is 7.42. The number of carbonyl (C=O) groups is 1. The Bertz CT molecular complexity index is 790. The molecular weight excluding hydrogens is 332 g/mol. The number of rotatable bonds is 8. The van der Waals surface area contributed by atoms with E-state index in [1.807, 2.05) is 45.0 Å². The Hall–Kier alpha value is -1.62. The van der Waals surface area contributed by atoms with Gasteiger partial charge in [0.1, 0.15) is 5.78 Å².